The molecule has 0 amide bonds. The standard InChI is InChI=1S/C28H26N2O6/c1-4-17-5-7-18(8-6-17)34-16-26(31)35-20-10-12-22-25(14-20)36-28(30)23(15-29)27(22)21-11-9-19(32-2)13-24(21)33-3/h5-14,27H,4,16,30H2,1-3H3. The number of hydrogen-bond donors (Lipinski definition) is 1. The zero-order valence-corrected chi connectivity index (χ0v) is 20.2. The highest BCUT2D eigenvalue weighted by Gasteiger charge is 2.33. The molecule has 4 rings (SSSR count). The molecule has 0 bridgehead atoms. The molecule has 1 atom stereocenters. The first-order valence-electron chi connectivity index (χ1n) is 11.3. The number of methoxy groups -OCH3 is 2. The van der Waals surface area contributed by atoms with Crippen LogP contribution in [0.3, 0.4) is 0 Å². The average molecular weight is 487 g/mol. The van der Waals surface area contributed by atoms with E-state index in [1.165, 1.54) is 5.56 Å². The molecular weight excluding hydrogens is 460 g/mol. The summed E-state index contributed by atoms with van der Waals surface area (Å²) in [4.78, 5) is 12.4. The van der Waals surface area contributed by atoms with E-state index in [9.17, 15) is 10.1 Å². The number of nitriles is 1. The first-order chi connectivity index (χ1) is 17.5. The zero-order valence-electron chi connectivity index (χ0n) is 20.2. The van der Waals surface area contributed by atoms with Crippen molar-refractivity contribution >= 4 is 5.97 Å². The van der Waals surface area contributed by atoms with Gasteiger partial charge in [-0.15, -0.1) is 0 Å². The minimum atomic E-state index is -0.570. The van der Waals surface area contributed by atoms with Crippen LogP contribution in [-0.2, 0) is 11.2 Å². The van der Waals surface area contributed by atoms with E-state index in [1.807, 2.05) is 30.3 Å². The predicted molar refractivity (Wildman–Crippen MR) is 132 cm³/mol. The van der Waals surface area contributed by atoms with Crippen LogP contribution in [0.4, 0.5) is 0 Å². The van der Waals surface area contributed by atoms with Crippen molar-refractivity contribution in [1.29, 1.82) is 5.26 Å². The molecule has 8 nitrogen and oxygen atoms in total. The summed E-state index contributed by atoms with van der Waals surface area (Å²) in [5.41, 5.74) is 8.93. The van der Waals surface area contributed by atoms with E-state index >= 15 is 0 Å². The molecule has 1 heterocycles. The number of carbonyl (C=O) groups excluding carboxylic acids is 1. The van der Waals surface area contributed by atoms with E-state index < -0.39 is 11.9 Å². The highest BCUT2D eigenvalue weighted by atomic mass is 16.6. The van der Waals surface area contributed by atoms with Crippen molar-refractivity contribution in [2.75, 3.05) is 20.8 Å². The predicted octanol–water partition coefficient (Wildman–Crippen LogP) is 4.47. The molecule has 0 aromatic heterocycles. The number of esters is 1. The summed E-state index contributed by atoms with van der Waals surface area (Å²) in [5.74, 6) is 1.22. The third-order valence-electron chi connectivity index (χ3n) is 5.86. The summed E-state index contributed by atoms with van der Waals surface area (Å²) in [7, 11) is 3.10. The molecule has 0 spiro atoms. The Morgan fingerprint density at radius 3 is 2.33 bits per heavy atom. The Kier molecular flexibility index (Phi) is 7.31. The van der Waals surface area contributed by atoms with E-state index in [0.29, 0.717) is 28.6 Å². The maximum absolute atomic E-state index is 12.4. The number of allylic oxidation sites excluding steroid dienone is 1. The summed E-state index contributed by atoms with van der Waals surface area (Å²) in [6, 6.07) is 19.9. The van der Waals surface area contributed by atoms with Crippen molar-refractivity contribution in [3.63, 3.8) is 0 Å². The molecule has 3 aromatic rings. The van der Waals surface area contributed by atoms with Gasteiger partial charge in [0.15, 0.2) is 6.61 Å². The largest absolute Gasteiger partial charge is 0.497 e. The molecule has 0 saturated heterocycles. The lowest BCUT2D eigenvalue weighted by Gasteiger charge is -2.27. The number of nitrogens with two attached hydrogens (primary N) is 1. The van der Waals surface area contributed by atoms with Crippen LogP contribution in [0.1, 0.15) is 29.5 Å². The lowest BCUT2D eigenvalue weighted by molar-refractivity contribution is -0.136. The van der Waals surface area contributed by atoms with Crippen molar-refractivity contribution in [2.24, 2.45) is 5.73 Å². The molecule has 36 heavy (non-hydrogen) atoms. The first-order valence-corrected chi connectivity index (χ1v) is 11.3. The van der Waals surface area contributed by atoms with Crippen LogP contribution >= 0.6 is 0 Å². The van der Waals surface area contributed by atoms with Gasteiger partial charge in [-0.1, -0.05) is 31.2 Å². The average Bonchev–Trinajstić information content (AvgIpc) is 2.91. The van der Waals surface area contributed by atoms with E-state index in [1.54, 1.807) is 44.6 Å². The van der Waals surface area contributed by atoms with E-state index in [-0.39, 0.29) is 23.8 Å². The van der Waals surface area contributed by atoms with Crippen LogP contribution in [0.2, 0.25) is 0 Å². The van der Waals surface area contributed by atoms with Crippen molar-refractivity contribution < 1.29 is 28.5 Å². The number of benzene rings is 3. The van der Waals surface area contributed by atoms with Gasteiger partial charge in [-0.05, 0) is 36.2 Å². The Balaban J connectivity index is 1.56. The molecule has 8 heteroatoms. The van der Waals surface area contributed by atoms with Gasteiger partial charge < -0.3 is 29.4 Å². The maximum atomic E-state index is 12.4. The Labute approximate surface area is 209 Å². The smallest absolute Gasteiger partial charge is 0.349 e. The number of hydrogen-bond acceptors (Lipinski definition) is 8. The van der Waals surface area contributed by atoms with Gasteiger partial charge in [0.1, 0.15) is 40.4 Å². The minimum Gasteiger partial charge on any atom is -0.497 e. The van der Waals surface area contributed by atoms with E-state index in [0.717, 1.165) is 12.0 Å². The third kappa shape index (κ3) is 5.05. The Morgan fingerprint density at radius 2 is 1.67 bits per heavy atom. The SMILES string of the molecule is CCc1ccc(OCC(=O)Oc2ccc3c(c2)OC(N)=C(C#N)C3c2ccc(OC)cc2OC)cc1. The molecule has 1 aliphatic heterocycles. The van der Waals surface area contributed by atoms with Crippen LogP contribution in [0, 0.1) is 11.3 Å². The fraction of sp³-hybridized carbons (Fsp3) is 0.214. The van der Waals surface area contributed by atoms with Gasteiger partial charge in [0.05, 0.1) is 20.1 Å². The number of carbonyl (C=O) groups is 1. The molecule has 0 aliphatic carbocycles. The van der Waals surface area contributed by atoms with Crippen molar-refractivity contribution in [3.8, 4) is 34.8 Å². The normalized spacial score (nSPS) is 14.2. The molecule has 3 aromatic carbocycles. The lowest BCUT2D eigenvalue weighted by atomic mass is 9.83. The van der Waals surface area contributed by atoms with Crippen LogP contribution in [0.25, 0.3) is 0 Å². The zero-order chi connectivity index (χ0) is 25.7. The second-order valence-corrected chi connectivity index (χ2v) is 7.99. The summed E-state index contributed by atoms with van der Waals surface area (Å²) >= 11 is 0. The topological polar surface area (TPSA) is 113 Å². The molecule has 0 radical (unpaired) electrons. The molecular formula is C28H26N2O6. The fourth-order valence-corrected chi connectivity index (χ4v) is 4.00. The number of fused-ring (bicyclic) bond motifs is 1. The monoisotopic (exact) mass is 486 g/mol. The van der Waals surface area contributed by atoms with Gasteiger partial charge in [0.2, 0.25) is 5.88 Å². The van der Waals surface area contributed by atoms with E-state index in [2.05, 4.69) is 13.0 Å². The Morgan fingerprint density at radius 1 is 0.972 bits per heavy atom. The minimum absolute atomic E-state index is 0.0322. The van der Waals surface area contributed by atoms with Gasteiger partial charge in [-0.3, -0.25) is 0 Å². The van der Waals surface area contributed by atoms with Crippen LogP contribution in [-0.4, -0.2) is 26.8 Å². The number of ether oxygens (including phenoxy) is 5. The summed E-state index contributed by atoms with van der Waals surface area (Å²) < 4.78 is 27.5. The van der Waals surface area contributed by atoms with Crippen molar-refractivity contribution in [2.45, 2.75) is 19.3 Å². The molecule has 1 unspecified atom stereocenters. The second-order valence-electron chi connectivity index (χ2n) is 7.99. The maximum Gasteiger partial charge on any atom is 0.349 e. The summed E-state index contributed by atoms with van der Waals surface area (Å²) in [6.45, 7) is 1.81. The van der Waals surface area contributed by atoms with Gasteiger partial charge in [0.25, 0.3) is 0 Å². The highest BCUT2D eigenvalue weighted by molar-refractivity contribution is 5.74. The van der Waals surface area contributed by atoms with Gasteiger partial charge in [-0.2, -0.15) is 5.26 Å². The lowest BCUT2D eigenvalue weighted by Crippen LogP contribution is -2.22. The van der Waals surface area contributed by atoms with Crippen LogP contribution < -0.4 is 29.4 Å². The van der Waals surface area contributed by atoms with Gasteiger partial charge in [-0.25, -0.2) is 4.79 Å². The van der Waals surface area contributed by atoms with Crippen LogP contribution in [0.15, 0.2) is 72.1 Å². The first kappa shape index (κ1) is 24.5. The van der Waals surface area contributed by atoms with Gasteiger partial charge in [0, 0.05) is 23.3 Å². The quantitative estimate of drug-likeness (QED) is 0.367. The number of rotatable bonds is 8. The molecule has 1 aliphatic rings. The van der Waals surface area contributed by atoms with Gasteiger partial charge >= 0.3 is 5.97 Å². The highest BCUT2D eigenvalue weighted by Crippen LogP contribution is 2.46. The number of aryl methyl sites for hydroxylation is 1. The molecule has 184 valence electrons. The number of nitrogens with zero attached hydrogens (tertiary/aromatic N) is 1. The van der Waals surface area contributed by atoms with Crippen molar-refractivity contribution in [3.05, 3.63) is 88.8 Å². The summed E-state index contributed by atoms with van der Waals surface area (Å²) in [6.07, 6.45) is 0.921. The second kappa shape index (κ2) is 10.7. The van der Waals surface area contributed by atoms with Crippen molar-refractivity contribution in [1.82, 2.24) is 0 Å². The molecule has 0 saturated carbocycles. The van der Waals surface area contributed by atoms with E-state index in [4.69, 9.17) is 29.4 Å². The molecule has 2 N–H and O–H groups in total. The van der Waals surface area contributed by atoms with Crippen LogP contribution in [0.5, 0.6) is 28.7 Å². The molecule has 0 fully saturated rings. The Hall–Kier alpha value is -4.64. The Bertz CT molecular complexity index is 1340. The summed E-state index contributed by atoms with van der Waals surface area (Å²) in [5, 5.41) is 9.82. The third-order valence-corrected chi connectivity index (χ3v) is 5.86. The fourth-order valence-electron chi connectivity index (χ4n) is 4.00.